The summed E-state index contributed by atoms with van der Waals surface area (Å²) in [6.45, 7) is 8.66. The van der Waals surface area contributed by atoms with Crippen LogP contribution in [0, 0.1) is 0 Å². The minimum absolute atomic E-state index is 0.00557. The summed E-state index contributed by atoms with van der Waals surface area (Å²) in [6.07, 6.45) is 6.11. The van der Waals surface area contributed by atoms with Gasteiger partial charge in [-0.25, -0.2) is 0 Å². The summed E-state index contributed by atoms with van der Waals surface area (Å²) < 4.78 is 2.22. The Kier molecular flexibility index (Phi) is 5.63. The van der Waals surface area contributed by atoms with Crippen molar-refractivity contribution in [2.24, 2.45) is 0 Å². The summed E-state index contributed by atoms with van der Waals surface area (Å²) in [6, 6.07) is 8.70. The molecule has 0 fully saturated rings. The van der Waals surface area contributed by atoms with Gasteiger partial charge < -0.3 is 15.2 Å². The fourth-order valence-corrected chi connectivity index (χ4v) is 2.48. The molecule has 0 atom stereocenters. The number of fused-ring (bicyclic) bond motifs is 1. The third-order valence-electron chi connectivity index (χ3n) is 3.71. The number of nitrogens with zero attached hydrogens (tertiary/aromatic N) is 1. The summed E-state index contributed by atoms with van der Waals surface area (Å²) in [5.74, 6) is 0.00557. The lowest BCUT2D eigenvalue weighted by Crippen LogP contribution is -2.26. The lowest BCUT2D eigenvalue weighted by Gasteiger charge is -2.10. The van der Waals surface area contributed by atoms with E-state index in [0.29, 0.717) is 19.0 Å². The van der Waals surface area contributed by atoms with Gasteiger partial charge in [-0.05, 0) is 54.8 Å². The average Bonchev–Trinajstić information content (AvgIpc) is 2.94. The average molecular weight is 311 g/mol. The Bertz CT molecular complexity index is 725. The van der Waals surface area contributed by atoms with Crippen molar-refractivity contribution in [1.82, 2.24) is 15.2 Å². The number of nitrogens with one attached hydrogen (secondary N) is 2. The molecule has 0 aliphatic rings. The molecule has 1 aromatic carbocycles. The van der Waals surface area contributed by atoms with Crippen LogP contribution in [0.5, 0.6) is 0 Å². The van der Waals surface area contributed by atoms with Crippen LogP contribution in [0.3, 0.4) is 0 Å². The molecular weight excluding hydrogens is 286 g/mol. The Morgan fingerprint density at radius 2 is 2.13 bits per heavy atom. The summed E-state index contributed by atoms with van der Waals surface area (Å²) in [7, 11) is 1.82. The molecule has 23 heavy (non-hydrogen) atoms. The van der Waals surface area contributed by atoms with Gasteiger partial charge in [-0.15, -0.1) is 0 Å². The van der Waals surface area contributed by atoms with Gasteiger partial charge in [-0.3, -0.25) is 4.79 Å². The minimum Gasteiger partial charge on any atom is -0.394 e. The van der Waals surface area contributed by atoms with Gasteiger partial charge >= 0.3 is 0 Å². The molecule has 122 valence electrons. The van der Waals surface area contributed by atoms with Gasteiger partial charge in [-0.1, -0.05) is 18.7 Å². The van der Waals surface area contributed by atoms with Crippen molar-refractivity contribution in [3.8, 4) is 0 Å². The molecule has 0 bridgehead atoms. The second kappa shape index (κ2) is 7.68. The molecule has 0 aliphatic carbocycles. The number of hydrogen-bond acceptors (Lipinski definition) is 2. The first-order valence-electron chi connectivity index (χ1n) is 7.89. The van der Waals surface area contributed by atoms with Gasteiger partial charge in [0.05, 0.1) is 6.42 Å². The van der Waals surface area contributed by atoms with Crippen LogP contribution >= 0.6 is 0 Å². The predicted octanol–water partition coefficient (Wildman–Crippen LogP) is 3.17. The van der Waals surface area contributed by atoms with E-state index in [2.05, 4.69) is 60.0 Å². The van der Waals surface area contributed by atoms with E-state index in [1.54, 1.807) is 6.20 Å². The molecule has 1 heterocycles. The second-order valence-electron chi connectivity index (χ2n) is 5.94. The number of carbonyl (C=O) groups is 1. The van der Waals surface area contributed by atoms with Crippen LogP contribution in [0.2, 0.25) is 0 Å². The summed E-state index contributed by atoms with van der Waals surface area (Å²) in [5.41, 5.74) is 3.05. The Hall–Kier alpha value is -2.49. The van der Waals surface area contributed by atoms with E-state index >= 15 is 0 Å². The van der Waals surface area contributed by atoms with Crippen LogP contribution < -0.4 is 10.6 Å². The van der Waals surface area contributed by atoms with Crippen molar-refractivity contribution in [2.75, 3.05) is 13.6 Å². The van der Waals surface area contributed by atoms with Gasteiger partial charge in [-0.2, -0.15) is 0 Å². The molecule has 2 aromatic rings. The second-order valence-corrected chi connectivity index (χ2v) is 5.94. The van der Waals surface area contributed by atoms with Gasteiger partial charge in [0.2, 0.25) is 5.91 Å². The Labute approximate surface area is 137 Å². The molecule has 1 aromatic heterocycles. The van der Waals surface area contributed by atoms with Crippen LogP contribution in [-0.2, 0) is 11.2 Å². The first kappa shape index (κ1) is 16.9. The van der Waals surface area contributed by atoms with E-state index in [-0.39, 0.29) is 5.91 Å². The highest BCUT2D eigenvalue weighted by Gasteiger charge is 2.08. The maximum absolute atomic E-state index is 12.1. The largest absolute Gasteiger partial charge is 0.394 e. The van der Waals surface area contributed by atoms with E-state index in [1.165, 1.54) is 10.9 Å². The minimum atomic E-state index is 0.00557. The molecule has 0 spiro atoms. The van der Waals surface area contributed by atoms with E-state index in [9.17, 15) is 4.79 Å². The summed E-state index contributed by atoms with van der Waals surface area (Å²) >= 11 is 0. The van der Waals surface area contributed by atoms with Crippen molar-refractivity contribution in [1.29, 1.82) is 0 Å². The van der Waals surface area contributed by atoms with Crippen molar-refractivity contribution < 1.29 is 4.79 Å². The molecule has 4 nitrogen and oxygen atoms in total. The molecule has 1 amide bonds. The maximum atomic E-state index is 12.1. The number of rotatable bonds is 7. The van der Waals surface area contributed by atoms with Gasteiger partial charge in [0.25, 0.3) is 0 Å². The van der Waals surface area contributed by atoms with Crippen LogP contribution in [0.15, 0.2) is 54.9 Å². The molecule has 2 rings (SSSR count). The SMILES string of the molecule is C=C(/C=C\NC)CNC(=O)Cc1ccc2ccn(C(C)C)c2c1. The zero-order valence-electron chi connectivity index (χ0n) is 14.1. The molecule has 2 N–H and O–H groups in total. The summed E-state index contributed by atoms with van der Waals surface area (Å²) in [5, 5.41) is 7.00. The third kappa shape index (κ3) is 4.49. The number of hydrogen-bond donors (Lipinski definition) is 2. The molecule has 0 saturated carbocycles. The number of carbonyl (C=O) groups excluding carboxylic acids is 1. The van der Waals surface area contributed by atoms with Gasteiger partial charge in [0, 0.05) is 31.3 Å². The molecule has 0 aliphatic heterocycles. The highest BCUT2D eigenvalue weighted by molar-refractivity contribution is 5.84. The highest BCUT2D eigenvalue weighted by atomic mass is 16.1. The number of aromatic nitrogens is 1. The molecule has 0 saturated heterocycles. The lowest BCUT2D eigenvalue weighted by molar-refractivity contribution is -0.120. The first-order valence-corrected chi connectivity index (χ1v) is 7.89. The quantitative estimate of drug-likeness (QED) is 0.772. The van der Waals surface area contributed by atoms with Gasteiger partial charge in [0.1, 0.15) is 0 Å². The molecule has 0 radical (unpaired) electrons. The number of amides is 1. The topological polar surface area (TPSA) is 46.1 Å². The monoisotopic (exact) mass is 311 g/mol. The standard InChI is InChI=1S/C19H25N3O/c1-14(2)22-10-8-17-6-5-16(11-18(17)22)12-19(23)21-13-15(3)7-9-20-4/h5-11,14,20H,3,12-13H2,1-2,4H3,(H,21,23)/b9-7-. The number of benzene rings is 1. The smallest absolute Gasteiger partial charge is 0.224 e. The molecular formula is C19H25N3O. The fourth-order valence-electron chi connectivity index (χ4n) is 2.48. The van der Waals surface area contributed by atoms with E-state index in [0.717, 1.165) is 11.1 Å². The predicted molar refractivity (Wildman–Crippen MR) is 96.4 cm³/mol. The van der Waals surface area contributed by atoms with E-state index in [4.69, 9.17) is 0 Å². The van der Waals surface area contributed by atoms with Crippen LogP contribution in [0.25, 0.3) is 10.9 Å². The van der Waals surface area contributed by atoms with E-state index < -0.39 is 0 Å². The Morgan fingerprint density at radius 1 is 1.35 bits per heavy atom. The molecule has 0 unspecified atom stereocenters. The van der Waals surface area contributed by atoms with Crippen molar-refractivity contribution in [3.63, 3.8) is 0 Å². The fraction of sp³-hybridized carbons (Fsp3) is 0.316. The highest BCUT2D eigenvalue weighted by Crippen LogP contribution is 2.21. The van der Waals surface area contributed by atoms with Crippen molar-refractivity contribution in [2.45, 2.75) is 26.3 Å². The van der Waals surface area contributed by atoms with Crippen LogP contribution in [-0.4, -0.2) is 24.1 Å². The summed E-state index contributed by atoms with van der Waals surface area (Å²) in [4.78, 5) is 12.1. The van der Waals surface area contributed by atoms with Crippen LogP contribution in [0.1, 0.15) is 25.5 Å². The zero-order valence-corrected chi connectivity index (χ0v) is 14.1. The van der Waals surface area contributed by atoms with Crippen LogP contribution in [0.4, 0.5) is 0 Å². The maximum Gasteiger partial charge on any atom is 0.224 e. The third-order valence-corrected chi connectivity index (χ3v) is 3.71. The van der Waals surface area contributed by atoms with Gasteiger partial charge in [0.15, 0.2) is 0 Å². The lowest BCUT2D eigenvalue weighted by atomic mass is 10.1. The Morgan fingerprint density at radius 3 is 2.83 bits per heavy atom. The molecule has 4 heteroatoms. The Balaban J connectivity index is 2.01. The first-order chi connectivity index (χ1) is 11.0. The van der Waals surface area contributed by atoms with E-state index in [1.807, 2.05) is 19.2 Å². The normalized spacial score (nSPS) is 11.3. The zero-order chi connectivity index (χ0) is 16.8. The van der Waals surface area contributed by atoms with Crippen molar-refractivity contribution in [3.05, 3.63) is 60.5 Å². The van der Waals surface area contributed by atoms with Crippen molar-refractivity contribution >= 4 is 16.8 Å².